The highest BCUT2D eigenvalue weighted by molar-refractivity contribution is 7.89. The maximum absolute atomic E-state index is 13.3. The van der Waals surface area contributed by atoms with Gasteiger partial charge in [0.05, 0.1) is 15.9 Å². The first-order chi connectivity index (χ1) is 12.5. The lowest BCUT2D eigenvalue weighted by Gasteiger charge is -2.38. The standard InChI is InChI=1S/C18H26N4O3S/c23-18-19-16-8-7-15(12-17(16)20-18)26(24,25)22-11-5-2-6-14(22)13-21-9-3-1-4-10-21/h7-8,12,14H,1-6,9-11,13H2,(H2,19,20,23). The van der Waals surface area contributed by atoms with Crippen LogP contribution in [0.3, 0.4) is 0 Å². The minimum atomic E-state index is -3.57. The summed E-state index contributed by atoms with van der Waals surface area (Å²) in [5, 5.41) is 0. The number of aromatic amines is 2. The van der Waals surface area contributed by atoms with Crippen molar-refractivity contribution in [3.63, 3.8) is 0 Å². The molecule has 2 aromatic rings. The largest absolute Gasteiger partial charge is 0.323 e. The maximum atomic E-state index is 13.3. The number of rotatable bonds is 4. The number of fused-ring (bicyclic) bond motifs is 1. The number of sulfonamides is 1. The van der Waals surface area contributed by atoms with Crippen LogP contribution in [-0.4, -0.2) is 59.8 Å². The molecule has 1 aromatic carbocycles. The van der Waals surface area contributed by atoms with Crippen molar-refractivity contribution in [3.8, 4) is 0 Å². The third-order valence-electron chi connectivity index (χ3n) is 5.58. The zero-order valence-electron chi connectivity index (χ0n) is 14.9. The minimum Gasteiger partial charge on any atom is -0.306 e. The van der Waals surface area contributed by atoms with E-state index in [0.29, 0.717) is 17.6 Å². The highest BCUT2D eigenvalue weighted by Gasteiger charge is 2.34. The van der Waals surface area contributed by atoms with Crippen molar-refractivity contribution >= 4 is 21.1 Å². The Morgan fingerprint density at radius 3 is 2.50 bits per heavy atom. The van der Waals surface area contributed by atoms with Gasteiger partial charge in [0, 0.05) is 19.1 Å². The predicted octanol–water partition coefficient (Wildman–Crippen LogP) is 1.89. The van der Waals surface area contributed by atoms with Crippen molar-refractivity contribution < 1.29 is 8.42 Å². The fourth-order valence-corrected chi connectivity index (χ4v) is 5.93. The van der Waals surface area contributed by atoms with Gasteiger partial charge in [0.15, 0.2) is 0 Å². The number of hydrogen-bond donors (Lipinski definition) is 2. The van der Waals surface area contributed by atoms with E-state index in [1.165, 1.54) is 19.3 Å². The minimum absolute atomic E-state index is 0.0350. The second kappa shape index (κ2) is 7.17. The molecule has 0 spiro atoms. The molecule has 26 heavy (non-hydrogen) atoms. The van der Waals surface area contributed by atoms with E-state index in [0.717, 1.165) is 38.9 Å². The molecule has 1 aromatic heterocycles. The molecule has 1 atom stereocenters. The first kappa shape index (κ1) is 17.8. The van der Waals surface area contributed by atoms with Crippen molar-refractivity contribution in [2.24, 2.45) is 0 Å². The summed E-state index contributed by atoms with van der Waals surface area (Å²) in [6.07, 6.45) is 6.58. The van der Waals surface area contributed by atoms with E-state index in [1.54, 1.807) is 22.5 Å². The molecular weight excluding hydrogens is 352 g/mol. The molecule has 2 N–H and O–H groups in total. The van der Waals surface area contributed by atoms with Crippen LogP contribution >= 0.6 is 0 Å². The number of likely N-dealkylation sites (tertiary alicyclic amines) is 1. The van der Waals surface area contributed by atoms with Crippen LogP contribution in [0.5, 0.6) is 0 Å². The molecule has 142 valence electrons. The summed E-state index contributed by atoms with van der Waals surface area (Å²) in [7, 11) is -3.57. The van der Waals surface area contributed by atoms with Gasteiger partial charge in [-0.15, -0.1) is 0 Å². The Labute approximate surface area is 153 Å². The van der Waals surface area contributed by atoms with Gasteiger partial charge in [0.25, 0.3) is 0 Å². The van der Waals surface area contributed by atoms with Crippen molar-refractivity contribution in [1.29, 1.82) is 0 Å². The predicted molar refractivity (Wildman–Crippen MR) is 101 cm³/mol. The van der Waals surface area contributed by atoms with Crippen LogP contribution in [0.1, 0.15) is 38.5 Å². The highest BCUT2D eigenvalue weighted by Crippen LogP contribution is 2.27. The van der Waals surface area contributed by atoms with E-state index in [2.05, 4.69) is 14.9 Å². The topological polar surface area (TPSA) is 89.3 Å². The van der Waals surface area contributed by atoms with E-state index in [4.69, 9.17) is 0 Å². The average Bonchev–Trinajstić information content (AvgIpc) is 3.02. The molecule has 0 saturated carbocycles. The van der Waals surface area contributed by atoms with Crippen molar-refractivity contribution in [1.82, 2.24) is 19.2 Å². The second-order valence-corrected chi connectivity index (χ2v) is 9.30. The molecule has 1 unspecified atom stereocenters. The number of H-pyrrole nitrogens is 2. The molecule has 2 aliphatic heterocycles. The molecule has 0 radical (unpaired) electrons. The molecule has 4 rings (SSSR count). The Balaban J connectivity index is 1.61. The van der Waals surface area contributed by atoms with Gasteiger partial charge in [-0.05, 0) is 57.0 Å². The number of imidazole rings is 1. The molecular formula is C18H26N4O3S. The van der Waals surface area contributed by atoms with Gasteiger partial charge >= 0.3 is 5.69 Å². The molecule has 2 fully saturated rings. The third kappa shape index (κ3) is 3.45. The summed E-state index contributed by atoms with van der Waals surface area (Å²) in [4.78, 5) is 19.4. The Morgan fingerprint density at radius 1 is 0.962 bits per heavy atom. The Bertz CT molecular complexity index is 927. The van der Waals surface area contributed by atoms with Crippen LogP contribution in [0.15, 0.2) is 27.9 Å². The van der Waals surface area contributed by atoms with Crippen LogP contribution in [0.4, 0.5) is 0 Å². The number of nitrogens with one attached hydrogen (secondary N) is 2. The summed E-state index contributed by atoms with van der Waals surface area (Å²) in [5.41, 5.74) is 0.827. The molecule has 0 aliphatic carbocycles. The van der Waals surface area contributed by atoms with Gasteiger partial charge in [-0.2, -0.15) is 4.31 Å². The zero-order chi connectivity index (χ0) is 18.1. The van der Waals surface area contributed by atoms with E-state index < -0.39 is 10.0 Å². The summed E-state index contributed by atoms with van der Waals surface area (Å²) < 4.78 is 28.3. The lowest BCUT2D eigenvalue weighted by atomic mass is 10.0. The average molecular weight is 378 g/mol. The first-order valence-electron chi connectivity index (χ1n) is 9.50. The Hall–Kier alpha value is -1.64. The van der Waals surface area contributed by atoms with Gasteiger partial charge in [-0.1, -0.05) is 12.8 Å². The fraction of sp³-hybridized carbons (Fsp3) is 0.611. The molecule has 2 aliphatic rings. The Kier molecular flexibility index (Phi) is 4.90. The van der Waals surface area contributed by atoms with Gasteiger partial charge in [0.1, 0.15) is 0 Å². The summed E-state index contributed by atoms with van der Waals surface area (Å²) >= 11 is 0. The van der Waals surface area contributed by atoms with Crippen LogP contribution in [0, 0.1) is 0 Å². The zero-order valence-corrected chi connectivity index (χ0v) is 15.7. The molecule has 3 heterocycles. The molecule has 8 heteroatoms. The smallest absolute Gasteiger partial charge is 0.306 e. The number of piperidine rings is 2. The number of nitrogens with zero attached hydrogens (tertiary/aromatic N) is 2. The third-order valence-corrected chi connectivity index (χ3v) is 7.53. The van der Waals surface area contributed by atoms with Gasteiger partial charge in [-0.3, -0.25) is 0 Å². The van der Waals surface area contributed by atoms with Crippen molar-refractivity contribution in [2.75, 3.05) is 26.2 Å². The van der Waals surface area contributed by atoms with E-state index in [1.807, 2.05) is 0 Å². The van der Waals surface area contributed by atoms with E-state index >= 15 is 0 Å². The summed E-state index contributed by atoms with van der Waals surface area (Å²) in [6.45, 7) is 3.53. The number of hydrogen-bond acceptors (Lipinski definition) is 4. The van der Waals surface area contributed by atoms with Crippen molar-refractivity contribution in [2.45, 2.75) is 49.5 Å². The van der Waals surface area contributed by atoms with E-state index in [9.17, 15) is 13.2 Å². The van der Waals surface area contributed by atoms with Crippen LogP contribution in [0.2, 0.25) is 0 Å². The maximum Gasteiger partial charge on any atom is 0.323 e. The van der Waals surface area contributed by atoms with E-state index in [-0.39, 0.29) is 16.6 Å². The molecule has 0 amide bonds. The lowest BCUT2D eigenvalue weighted by Crippen LogP contribution is -2.50. The molecule has 2 saturated heterocycles. The fourth-order valence-electron chi connectivity index (χ4n) is 4.22. The number of benzene rings is 1. The monoisotopic (exact) mass is 378 g/mol. The number of aromatic nitrogens is 2. The quantitative estimate of drug-likeness (QED) is 0.850. The molecule has 0 bridgehead atoms. The normalized spacial score (nSPS) is 23.5. The van der Waals surface area contributed by atoms with Gasteiger partial charge in [-0.25, -0.2) is 13.2 Å². The first-order valence-corrected chi connectivity index (χ1v) is 10.9. The molecule has 7 nitrogen and oxygen atoms in total. The van der Waals surface area contributed by atoms with Gasteiger partial charge in [0.2, 0.25) is 10.0 Å². The summed E-state index contributed by atoms with van der Waals surface area (Å²) in [5.74, 6) is 0. The second-order valence-electron chi connectivity index (χ2n) is 7.41. The van der Waals surface area contributed by atoms with Crippen molar-refractivity contribution in [3.05, 3.63) is 28.7 Å². The lowest BCUT2D eigenvalue weighted by molar-refractivity contribution is 0.150. The van der Waals surface area contributed by atoms with Gasteiger partial charge < -0.3 is 14.9 Å². The Morgan fingerprint density at radius 2 is 1.69 bits per heavy atom. The van der Waals surface area contributed by atoms with Crippen LogP contribution in [-0.2, 0) is 10.0 Å². The van der Waals surface area contributed by atoms with Crippen LogP contribution < -0.4 is 5.69 Å². The SMILES string of the molecule is O=c1[nH]c2ccc(S(=O)(=O)N3CCCCC3CN3CCCCC3)cc2[nH]1. The van der Waals surface area contributed by atoms with Crippen LogP contribution in [0.25, 0.3) is 11.0 Å². The summed E-state index contributed by atoms with van der Waals surface area (Å²) in [6, 6.07) is 4.85. The highest BCUT2D eigenvalue weighted by atomic mass is 32.2.